The molecule has 1 atom stereocenters. The molecule has 0 bridgehead atoms. The highest BCUT2D eigenvalue weighted by Gasteiger charge is 2.26. The van der Waals surface area contributed by atoms with Gasteiger partial charge in [0.05, 0.1) is 0 Å². The van der Waals surface area contributed by atoms with Crippen molar-refractivity contribution in [2.24, 2.45) is 11.8 Å². The van der Waals surface area contributed by atoms with Crippen LogP contribution in [0.3, 0.4) is 0 Å². The van der Waals surface area contributed by atoms with Gasteiger partial charge < -0.3 is 4.90 Å². The van der Waals surface area contributed by atoms with Gasteiger partial charge in [0.25, 0.3) is 0 Å². The first kappa shape index (κ1) is 15.9. The fraction of sp³-hybridized carbons (Fsp3) is 0.478. The first-order valence-corrected chi connectivity index (χ1v) is 9.72. The highest BCUT2D eigenvalue weighted by atomic mass is 15.1. The minimum Gasteiger partial charge on any atom is -0.303 e. The molecule has 3 aliphatic rings. The Kier molecular flexibility index (Phi) is 4.99. The zero-order valence-corrected chi connectivity index (χ0v) is 14.7. The van der Waals surface area contributed by atoms with E-state index in [9.17, 15) is 0 Å². The first-order chi connectivity index (χ1) is 11.9. The molecule has 0 amide bonds. The number of allylic oxidation sites excluding steroid dienone is 6. The Morgan fingerprint density at radius 2 is 1.75 bits per heavy atom. The Morgan fingerprint density at radius 3 is 2.58 bits per heavy atom. The van der Waals surface area contributed by atoms with Crippen molar-refractivity contribution in [1.82, 2.24) is 4.90 Å². The second-order valence-corrected chi connectivity index (χ2v) is 7.64. The van der Waals surface area contributed by atoms with Gasteiger partial charge in [-0.15, -0.1) is 0 Å². The molecule has 0 spiro atoms. The maximum absolute atomic E-state index is 2.66. The number of rotatable bonds is 4. The predicted molar refractivity (Wildman–Crippen MR) is 102 cm³/mol. The molecule has 1 nitrogen and oxygen atoms in total. The molecule has 126 valence electrons. The number of benzene rings is 1. The lowest BCUT2D eigenvalue weighted by molar-refractivity contribution is 0.197. The minimum absolute atomic E-state index is 0.811. The number of likely N-dealkylation sites (tertiary alicyclic amines) is 1. The Bertz CT molecular complexity index is 629. The molecule has 1 saturated heterocycles. The van der Waals surface area contributed by atoms with E-state index < -0.39 is 0 Å². The van der Waals surface area contributed by atoms with E-state index in [1.54, 1.807) is 11.1 Å². The van der Waals surface area contributed by atoms with E-state index in [1.807, 2.05) is 0 Å². The molecule has 1 aromatic carbocycles. The maximum atomic E-state index is 2.66. The number of hydrogen-bond acceptors (Lipinski definition) is 1. The van der Waals surface area contributed by atoms with Crippen molar-refractivity contribution >= 4 is 0 Å². The third kappa shape index (κ3) is 3.72. The summed E-state index contributed by atoms with van der Waals surface area (Å²) in [6, 6.07) is 10.9. The Hall–Kier alpha value is -1.60. The van der Waals surface area contributed by atoms with Crippen LogP contribution in [0.15, 0.2) is 65.8 Å². The summed E-state index contributed by atoms with van der Waals surface area (Å²) < 4.78 is 0. The van der Waals surface area contributed by atoms with Crippen LogP contribution in [-0.2, 0) is 6.42 Å². The van der Waals surface area contributed by atoms with E-state index in [0.717, 1.165) is 11.8 Å². The summed E-state index contributed by atoms with van der Waals surface area (Å²) >= 11 is 0. The van der Waals surface area contributed by atoms with Crippen LogP contribution in [0, 0.1) is 11.8 Å². The molecule has 4 rings (SSSR count). The van der Waals surface area contributed by atoms with E-state index in [1.165, 1.54) is 63.7 Å². The standard InChI is InChI=1S/C23H29N/c1-2-6-19(7-3-1)12-15-24-16-13-21(14-17-24)23-11-10-20-8-4-5-9-22(20)18-23/h1-4,6-8,10-11,21-22H,5,9,12-18H2. The Morgan fingerprint density at radius 1 is 0.917 bits per heavy atom. The Labute approximate surface area is 146 Å². The third-order valence-electron chi connectivity index (χ3n) is 6.11. The second kappa shape index (κ2) is 7.53. The molecule has 1 heterocycles. The lowest BCUT2D eigenvalue weighted by atomic mass is 9.75. The van der Waals surface area contributed by atoms with Gasteiger partial charge >= 0.3 is 0 Å². The third-order valence-corrected chi connectivity index (χ3v) is 6.11. The molecule has 1 aliphatic heterocycles. The van der Waals surface area contributed by atoms with Crippen molar-refractivity contribution in [2.45, 2.75) is 38.5 Å². The van der Waals surface area contributed by atoms with Crippen molar-refractivity contribution in [3.63, 3.8) is 0 Å². The van der Waals surface area contributed by atoms with Crippen LogP contribution >= 0.6 is 0 Å². The molecule has 1 unspecified atom stereocenters. The first-order valence-electron chi connectivity index (χ1n) is 9.72. The van der Waals surface area contributed by atoms with Gasteiger partial charge in [0.1, 0.15) is 0 Å². The van der Waals surface area contributed by atoms with E-state index in [0.29, 0.717) is 0 Å². The monoisotopic (exact) mass is 319 g/mol. The SMILES string of the molecule is C1=CC2=CC=C(C3CCN(CCc4ccccc4)CC3)CC2CC1. The van der Waals surface area contributed by atoms with E-state index in [2.05, 4.69) is 59.5 Å². The zero-order chi connectivity index (χ0) is 16.2. The minimum atomic E-state index is 0.811. The number of fused-ring (bicyclic) bond motifs is 1. The quantitative estimate of drug-likeness (QED) is 0.740. The lowest BCUT2D eigenvalue weighted by Crippen LogP contribution is -2.36. The fourth-order valence-corrected chi connectivity index (χ4v) is 4.55. The summed E-state index contributed by atoms with van der Waals surface area (Å²) in [5.74, 6) is 1.65. The van der Waals surface area contributed by atoms with Gasteiger partial charge in [0.2, 0.25) is 0 Å². The van der Waals surface area contributed by atoms with Crippen LogP contribution < -0.4 is 0 Å². The molecule has 0 aromatic heterocycles. The molecule has 1 aromatic rings. The van der Waals surface area contributed by atoms with E-state index in [4.69, 9.17) is 0 Å². The lowest BCUT2D eigenvalue weighted by Gasteiger charge is -2.36. The topological polar surface area (TPSA) is 3.24 Å². The highest BCUT2D eigenvalue weighted by Crippen LogP contribution is 2.38. The van der Waals surface area contributed by atoms with Gasteiger partial charge in [-0.1, -0.05) is 60.2 Å². The highest BCUT2D eigenvalue weighted by molar-refractivity contribution is 5.36. The fourth-order valence-electron chi connectivity index (χ4n) is 4.55. The normalized spacial score (nSPS) is 25.1. The predicted octanol–water partition coefficient (Wildman–Crippen LogP) is 5.16. The Balaban J connectivity index is 1.28. The largest absolute Gasteiger partial charge is 0.303 e. The zero-order valence-electron chi connectivity index (χ0n) is 14.7. The van der Waals surface area contributed by atoms with Gasteiger partial charge in [-0.3, -0.25) is 0 Å². The summed E-state index contributed by atoms with van der Waals surface area (Å²) in [4.78, 5) is 2.66. The second-order valence-electron chi connectivity index (χ2n) is 7.64. The summed E-state index contributed by atoms with van der Waals surface area (Å²) in [7, 11) is 0. The van der Waals surface area contributed by atoms with Crippen molar-refractivity contribution in [2.75, 3.05) is 19.6 Å². The van der Waals surface area contributed by atoms with Gasteiger partial charge in [-0.05, 0) is 74.6 Å². The van der Waals surface area contributed by atoms with E-state index in [-0.39, 0.29) is 0 Å². The summed E-state index contributed by atoms with van der Waals surface area (Å²) in [6.07, 6.45) is 17.4. The molecular formula is C23H29N. The number of nitrogens with zero attached hydrogens (tertiary/aromatic N) is 1. The molecular weight excluding hydrogens is 290 g/mol. The molecule has 1 fully saturated rings. The molecule has 1 heteroatoms. The maximum Gasteiger partial charge on any atom is 0.00218 e. The van der Waals surface area contributed by atoms with Gasteiger partial charge in [-0.2, -0.15) is 0 Å². The molecule has 0 N–H and O–H groups in total. The van der Waals surface area contributed by atoms with Crippen molar-refractivity contribution < 1.29 is 0 Å². The van der Waals surface area contributed by atoms with E-state index >= 15 is 0 Å². The van der Waals surface area contributed by atoms with Gasteiger partial charge in [0, 0.05) is 6.54 Å². The van der Waals surface area contributed by atoms with Crippen LogP contribution in [-0.4, -0.2) is 24.5 Å². The number of hydrogen-bond donors (Lipinski definition) is 0. The summed E-state index contributed by atoms with van der Waals surface area (Å²) in [5, 5.41) is 0. The molecule has 0 saturated carbocycles. The van der Waals surface area contributed by atoms with Crippen molar-refractivity contribution in [1.29, 1.82) is 0 Å². The number of piperidine rings is 1. The van der Waals surface area contributed by atoms with Crippen molar-refractivity contribution in [3.05, 3.63) is 71.3 Å². The van der Waals surface area contributed by atoms with Crippen LogP contribution in [0.5, 0.6) is 0 Å². The molecule has 2 aliphatic carbocycles. The molecule has 24 heavy (non-hydrogen) atoms. The van der Waals surface area contributed by atoms with Crippen LogP contribution in [0.4, 0.5) is 0 Å². The average Bonchev–Trinajstić information content (AvgIpc) is 2.67. The summed E-state index contributed by atoms with van der Waals surface area (Å²) in [6.45, 7) is 3.76. The van der Waals surface area contributed by atoms with Crippen LogP contribution in [0.2, 0.25) is 0 Å². The van der Waals surface area contributed by atoms with Gasteiger partial charge in [-0.25, -0.2) is 0 Å². The van der Waals surface area contributed by atoms with Crippen molar-refractivity contribution in [3.8, 4) is 0 Å². The van der Waals surface area contributed by atoms with Crippen LogP contribution in [0.1, 0.15) is 37.7 Å². The van der Waals surface area contributed by atoms with Crippen LogP contribution in [0.25, 0.3) is 0 Å². The smallest absolute Gasteiger partial charge is 0.00218 e. The summed E-state index contributed by atoms with van der Waals surface area (Å²) in [5.41, 5.74) is 4.78. The van der Waals surface area contributed by atoms with Gasteiger partial charge in [0.15, 0.2) is 0 Å². The average molecular weight is 319 g/mol. The molecule has 0 radical (unpaired) electrons.